The third-order valence-corrected chi connectivity index (χ3v) is 4.82. The van der Waals surface area contributed by atoms with Crippen molar-refractivity contribution < 1.29 is 9.47 Å². The zero-order valence-corrected chi connectivity index (χ0v) is 20.1. The highest BCUT2D eigenvalue weighted by molar-refractivity contribution is 14.0. The molecule has 0 amide bonds. The van der Waals surface area contributed by atoms with E-state index in [9.17, 15) is 0 Å². The van der Waals surface area contributed by atoms with Gasteiger partial charge in [0.1, 0.15) is 0 Å². The maximum Gasteiger partial charge on any atom is 0.191 e. The molecule has 1 aromatic carbocycles. The number of rotatable bonds is 11. The van der Waals surface area contributed by atoms with Crippen LogP contribution < -0.4 is 10.6 Å². The van der Waals surface area contributed by atoms with E-state index in [0.29, 0.717) is 12.5 Å². The number of ether oxygens (including phenoxy) is 2. The summed E-state index contributed by atoms with van der Waals surface area (Å²) in [5.74, 6) is 1.42. The van der Waals surface area contributed by atoms with Crippen LogP contribution >= 0.6 is 24.0 Å². The van der Waals surface area contributed by atoms with E-state index in [-0.39, 0.29) is 24.0 Å². The fourth-order valence-electron chi connectivity index (χ4n) is 3.28. The zero-order chi connectivity index (χ0) is 20.2. The molecule has 1 aliphatic rings. The van der Waals surface area contributed by atoms with E-state index in [1.165, 1.54) is 11.1 Å². The molecule has 0 saturated carbocycles. The topological polar surface area (TPSA) is 72.7 Å². The monoisotopic (exact) mass is 527 g/mol. The summed E-state index contributed by atoms with van der Waals surface area (Å²) in [6.07, 6.45) is 7.70. The molecule has 3 rings (SSSR count). The van der Waals surface area contributed by atoms with Crippen molar-refractivity contribution >= 4 is 29.9 Å². The van der Waals surface area contributed by atoms with Gasteiger partial charge in [-0.3, -0.25) is 0 Å². The van der Waals surface area contributed by atoms with Crippen molar-refractivity contribution in [2.24, 2.45) is 10.9 Å². The fraction of sp³-hybridized carbons (Fsp3) is 0.545. The Balaban J connectivity index is 0.00000320. The van der Waals surface area contributed by atoms with Gasteiger partial charge in [0, 0.05) is 51.2 Å². The molecule has 1 fully saturated rings. The van der Waals surface area contributed by atoms with Crippen LogP contribution in [0.3, 0.4) is 0 Å². The molecule has 8 heteroatoms. The number of halogens is 1. The van der Waals surface area contributed by atoms with Gasteiger partial charge in [-0.15, -0.1) is 24.0 Å². The van der Waals surface area contributed by atoms with Crippen LogP contribution in [-0.4, -0.2) is 55.0 Å². The molecule has 2 N–H and O–H groups in total. The Morgan fingerprint density at radius 1 is 1.33 bits per heavy atom. The first-order valence-corrected chi connectivity index (χ1v) is 10.5. The summed E-state index contributed by atoms with van der Waals surface area (Å²) in [7, 11) is 0. The van der Waals surface area contributed by atoms with E-state index in [4.69, 9.17) is 14.5 Å². The normalized spacial score (nSPS) is 16.3. The highest BCUT2D eigenvalue weighted by Gasteiger charge is 2.15. The number of nitrogens with zero attached hydrogens (tertiary/aromatic N) is 3. The van der Waals surface area contributed by atoms with Gasteiger partial charge >= 0.3 is 0 Å². The number of hydrogen-bond acceptors (Lipinski definition) is 4. The molecule has 2 heterocycles. The summed E-state index contributed by atoms with van der Waals surface area (Å²) >= 11 is 0. The van der Waals surface area contributed by atoms with Crippen molar-refractivity contribution in [3.63, 3.8) is 0 Å². The molecule has 7 nitrogen and oxygen atoms in total. The fourth-order valence-corrected chi connectivity index (χ4v) is 3.28. The zero-order valence-electron chi connectivity index (χ0n) is 17.8. The van der Waals surface area contributed by atoms with Gasteiger partial charge in [0.25, 0.3) is 0 Å². The maximum atomic E-state index is 5.76. The van der Waals surface area contributed by atoms with E-state index >= 15 is 0 Å². The number of aromatic nitrogens is 2. The molecular weight excluding hydrogens is 493 g/mol. The first kappa shape index (κ1) is 24.6. The van der Waals surface area contributed by atoms with Gasteiger partial charge in [-0.25, -0.2) is 9.98 Å². The predicted molar refractivity (Wildman–Crippen MR) is 130 cm³/mol. The molecule has 166 valence electrons. The van der Waals surface area contributed by atoms with E-state index < -0.39 is 0 Å². The summed E-state index contributed by atoms with van der Waals surface area (Å²) in [6.45, 7) is 8.52. The third-order valence-electron chi connectivity index (χ3n) is 4.82. The molecule has 0 spiro atoms. The number of hydrogen-bond donors (Lipinski definition) is 2. The molecule has 1 aromatic heterocycles. The number of imidazole rings is 1. The van der Waals surface area contributed by atoms with Crippen LogP contribution in [0.5, 0.6) is 0 Å². The Hall–Kier alpha value is -1.65. The van der Waals surface area contributed by atoms with Crippen LogP contribution in [0, 0.1) is 5.92 Å². The molecule has 1 saturated heterocycles. The molecule has 30 heavy (non-hydrogen) atoms. The van der Waals surface area contributed by atoms with Crippen molar-refractivity contribution in [3.8, 4) is 0 Å². The first-order chi connectivity index (χ1) is 14.3. The second-order valence-electron chi connectivity index (χ2n) is 7.33. The Morgan fingerprint density at radius 2 is 2.23 bits per heavy atom. The lowest BCUT2D eigenvalue weighted by atomic mass is 10.1. The summed E-state index contributed by atoms with van der Waals surface area (Å²) in [6, 6.07) is 8.54. The number of aliphatic imine (C=N–C) groups is 1. The van der Waals surface area contributed by atoms with Gasteiger partial charge in [0.2, 0.25) is 0 Å². The number of benzene rings is 1. The van der Waals surface area contributed by atoms with Gasteiger partial charge in [0.15, 0.2) is 5.96 Å². The van der Waals surface area contributed by atoms with E-state index in [1.54, 1.807) is 6.20 Å². The van der Waals surface area contributed by atoms with E-state index in [1.807, 2.05) is 12.5 Å². The van der Waals surface area contributed by atoms with Crippen molar-refractivity contribution in [1.29, 1.82) is 0 Å². The minimum atomic E-state index is 0. The molecule has 0 bridgehead atoms. The van der Waals surface area contributed by atoms with Gasteiger partial charge in [-0.05, 0) is 30.9 Å². The summed E-state index contributed by atoms with van der Waals surface area (Å²) in [4.78, 5) is 8.82. The number of nitrogens with one attached hydrogen (secondary N) is 2. The van der Waals surface area contributed by atoms with Crippen molar-refractivity contribution in [2.45, 2.75) is 32.9 Å². The van der Waals surface area contributed by atoms with Crippen molar-refractivity contribution in [3.05, 3.63) is 54.1 Å². The molecule has 0 radical (unpaired) electrons. The molecule has 0 aliphatic carbocycles. The largest absolute Gasteiger partial charge is 0.381 e. The second kappa shape index (κ2) is 14.4. The predicted octanol–water partition coefficient (Wildman–Crippen LogP) is 3.05. The molecule has 2 aromatic rings. The van der Waals surface area contributed by atoms with Crippen molar-refractivity contribution in [1.82, 2.24) is 20.2 Å². The lowest BCUT2D eigenvalue weighted by molar-refractivity contribution is 0.0888. The minimum Gasteiger partial charge on any atom is -0.381 e. The van der Waals surface area contributed by atoms with Gasteiger partial charge in [0.05, 0.1) is 26.1 Å². The average molecular weight is 527 g/mol. The Morgan fingerprint density at radius 3 is 3.00 bits per heavy atom. The van der Waals surface area contributed by atoms with E-state index in [2.05, 4.69) is 51.4 Å². The molecule has 1 atom stereocenters. The number of guanidine groups is 1. The average Bonchev–Trinajstić information content (AvgIpc) is 3.43. The van der Waals surface area contributed by atoms with Crippen LogP contribution in [0.25, 0.3) is 0 Å². The van der Waals surface area contributed by atoms with E-state index in [0.717, 1.165) is 64.9 Å². The highest BCUT2D eigenvalue weighted by atomic mass is 127. The third kappa shape index (κ3) is 9.01. The summed E-state index contributed by atoms with van der Waals surface area (Å²) in [5, 5.41) is 6.70. The second-order valence-corrected chi connectivity index (χ2v) is 7.33. The highest BCUT2D eigenvalue weighted by Crippen LogP contribution is 2.12. The SMILES string of the molecule is CCNC(=NCc1cccc(Cn2ccnc2)c1)NCCCOCC1CCOC1.I. The van der Waals surface area contributed by atoms with Gasteiger partial charge in [-0.1, -0.05) is 24.3 Å². The van der Waals surface area contributed by atoms with Gasteiger partial charge < -0.3 is 24.7 Å². The maximum absolute atomic E-state index is 5.76. The van der Waals surface area contributed by atoms with Crippen LogP contribution in [0.15, 0.2) is 48.0 Å². The quantitative estimate of drug-likeness (QED) is 0.204. The Labute approximate surface area is 196 Å². The standard InChI is InChI=1S/C22H33N5O2.HI/c1-2-24-22(25-8-4-11-28-16-21-7-12-29-17-21)26-14-19-5-3-6-20(13-19)15-27-10-9-23-18-27;/h3,5-6,9-10,13,18,21H,2,4,7-8,11-12,14-17H2,1H3,(H2,24,25,26);1H. The molecular formula is C22H34IN5O2. The smallest absolute Gasteiger partial charge is 0.191 e. The first-order valence-electron chi connectivity index (χ1n) is 10.5. The Kier molecular flexibility index (Phi) is 11.8. The lowest BCUT2D eigenvalue weighted by Crippen LogP contribution is -2.38. The summed E-state index contributed by atoms with van der Waals surface area (Å²) < 4.78 is 13.2. The Bertz CT molecular complexity index is 733. The van der Waals surface area contributed by atoms with Crippen molar-refractivity contribution in [2.75, 3.05) is 39.5 Å². The van der Waals surface area contributed by atoms with Gasteiger partial charge in [-0.2, -0.15) is 0 Å². The van der Waals surface area contributed by atoms with Crippen LogP contribution in [0.4, 0.5) is 0 Å². The lowest BCUT2D eigenvalue weighted by Gasteiger charge is -2.12. The minimum absolute atomic E-state index is 0. The summed E-state index contributed by atoms with van der Waals surface area (Å²) in [5.41, 5.74) is 2.44. The molecule has 1 aliphatic heterocycles. The molecule has 1 unspecified atom stereocenters. The van der Waals surface area contributed by atoms with Crippen LogP contribution in [0.2, 0.25) is 0 Å². The van der Waals surface area contributed by atoms with Crippen LogP contribution in [0.1, 0.15) is 30.9 Å². The van der Waals surface area contributed by atoms with Crippen LogP contribution in [-0.2, 0) is 22.6 Å².